The maximum absolute atomic E-state index is 9.37. The number of benzene rings is 1. The molecular formula is C10H11NOS. The van der Waals surface area contributed by atoms with Crippen LogP contribution in [0.3, 0.4) is 0 Å². The predicted molar refractivity (Wildman–Crippen MR) is 55.0 cm³/mol. The summed E-state index contributed by atoms with van der Waals surface area (Å²) in [6, 6.07) is 5.98. The fourth-order valence-electron chi connectivity index (χ4n) is 1.34. The van der Waals surface area contributed by atoms with Gasteiger partial charge in [0.2, 0.25) is 0 Å². The molecule has 1 atom stereocenters. The minimum Gasteiger partial charge on any atom is -0.389 e. The number of aliphatic hydroxyl groups is 1. The molecule has 2 nitrogen and oxygen atoms in total. The zero-order chi connectivity index (χ0) is 9.42. The highest BCUT2D eigenvalue weighted by molar-refractivity contribution is 7.13. The number of aryl methyl sites for hydroxylation is 1. The minimum absolute atomic E-state index is 0.396. The average Bonchev–Trinajstić information content (AvgIpc) is 2.47. The minimum atomic E-state index is -0.396. The van der Waals surface area contributed by atoms with Crippen LogP contribution in [-0.2, 0) is 0 Å². The first-order valence-electron chi connectivity index (χ1n) is 4.22. The lowest BCUT2D eigenvalue weighted by atomic mass is 10.1. The lowest BCUT2D eigenvalue weighted by Crippen LogP contribution is -1.89. The number of hydrogen-bond acceptors (Lipinski definition) is 3. The zero-order valence-corrected chi connectivity index (χ0v) is 8.43. The van der Waals surface area contributed by atoms with Gasteiger partial charge in [-0.3, -0.25) is 0 Å². The van der Waals surface area contributed by atoms with Crippen LogP contribution in [0.15, 0.2) is 18.2 Å². The highest BCUT2D eigenvalue weighted by Gasteiger charge is 2.05. The highest BCUT2D eigenvalue weighted by Crippen LogP contribution is 2.25. The number of rotatable bonds is 1. The standard InChI is InChI=1S/C10H11NOS/c1-6-9-4-3-8(7(2)12)5-10(9)13-11-6/h3-5,7,12H,1-2H3. The van der Waals surface area contributed by atoms with Gasteiger partial charge >= 0.3 is 0 Å². The molecular weight excluding hydrogens is 182 g/mol. The third-order valence-electron chi connectivity index (χ3n) is 2.16. The van der Waals surface area contributed by atoms with Crippen LogP contribution in [0.25, 0.3) is 10.1 Å². The number of fused-ring (bicyclic) bond motifs is 1. The Bertz CT molecular complexity index is 433. The Morgan fingerprint density at radius 1 is 1.46 bits per heavy atom. The van der Waals surface area contributed by atoms with Crippen molar-refractivity contribution < 1.29 is 5.11 Å². The van der Waals surface area contributed by atoms with E-state index >= 15 is 0 Å². The van der Waals surface area contributed by atoms with Gasteiger partial charge in [0, 0.05) is 5.39 Å². The fraction of sp³-hybridized carbons (Fsp3) is 0.300. The quantitative estimate of drug-likeness (QED) is 0.755. The molecule has 0 spiro atoms. The van der Waals surface area contributed by atoms with Crippen LogP contribution in [-0.4, -0.2) is 9.48 Å². The van der Waals surface area contributed by atoms with Gasteiger partial charge in [0.1, 0.15) is 0 Å². The van der Waals surface area contributed by atoms with Crippen molar-refractivity contribution >= 4 is 21.6 Å². The highest BCUT2D eigenvalue weighted by atomic mass is 32.1. The molecule has 0 saturated carbocycles. The van der Waals surface area contributed by atoms with Crippen LogP contribution in [0.2, 0.25) is 0 Å². The lowest BCUT2D eigenvalue weighted by molar-refractivity contribution is 0.199. The Morgan fingerprint density at radius 2 is 2.23 bits per heavy atom. The summed E-state index contributed by atoms with van der Waals surface area (Å²) >= 11 is 1.48. The fourth-order valence-corrected chi connectivity index (χ4v) is 2.18. The molecule has 1 N–H and O–H groups in total. The van der Waals surface area contributed by atoms with Crippen LogP contribution in [0, 0.1) is 6.92 Å². The van der Waals surface area contributed by atoms with Gasteiger partial charge in [0.25, 0.3) is 0 Å². The van der Waals surface area contributed by atoms with Crippen LogP contribution in [0.5, 0.6) is 0 Å². The number of aliphatic hydroxyl groups excluding tert-OH is 1. The van der Waals surface area contributed by atoms with Crippen LogP contribution >= 0.6 is 11.5 Å². The molecule has 0 saturated heterocycles. The van der Waals surface area contributed by atoms with Gasteiger partial charge in [-0.1, -0.05) is 12.1 Å². The first-order valence-corrected chi connectivity index (χ1v) is 5.00. The molecule has 1 heterocycles. The molecule has 0 aliphatic rings. The smallest absolute Gasteiger partial charge is 0.0762 e. The molecule has 1 aromatic carbocycles. The van der Waals surface area contributed by atoms with Crippen molar-refractivity contribution in [1.29, 1.82) is 0 Å². The number of hydrogen-bond donors (Lipinski definition) is 1. The second-order valence-corrected chi connectivity index (χ2v) is 4.00. The molecule has 2 rings (SSSR count). The topological polar surface area (TPSA) is 33.1 Å². The zero-order valence-electron chi connectivity index (χ0n) is 7.61. The van der Waals surface area contributed by atoms with E-state index in [2.05, 4.69) is 4.37 Å². The van der Waals surface area contributed by atoms with Gasteiger partial charge in [-0.25, -0.2) is 0 Å². The Kier molecular flexibility index (Phi) is 2.06. The molecule has 1 unspecified atom stereocenters. The van der Waals surface area contributed by atoms with Gasteiger partial charge in [-0.05, 0) is 37.0 Å². The van der Waals surface area contributed by atoms with Crippen molar-refractivity contribution in [3.05, 3.63) is 29.5 Å². The van der Waals surface area contributed by atoms with E-state index in [0.29, 0.717) is 0 Å². The van der Waals surface area contributed by atoms with E-state index < -0.39 is 6.10 Å². The van der Waals surface area contributed by atoms with Crippen LogP contribution in [0.1, 0.15) is 24.3 Å². The summed E-state index contributed by atoms with van der Waals surface area (Å²) < 4.78 is 5.41. The summed E-state index contributed by atoms with van der Waals surface area (Å²) in [6.45, 7) is 3.77. The second kappa shape index (κ2) is 3.09. The van der Waals surface area contributed by atoms with Crippen molar-refractivity contribution in [3.63, 3.8) is 0 Å². The Labute approximate surface area is 81.0 Å². The monoisotopic (exact) mass is 193 g/mol. The molecule has 13 heavy (non-hydrogen) atoms. The van der Waals surface area contributed by atoms with E-state index in [4.69, 9.17) is 0 Å². The summed E-state index contributed by atoms with van der Waals surface area (Å²) in [4.78, 5) is 0. The van der Waals surface area contributed by atoms with Gasteiger partial charge in [0.15, 0.2) is 0 Å². The summed E-state index contributed by atoms with van der Waals surface area (Å²) in [6.07, 6.45) is -0.396. The van der Waals surface area contributed by atoms with Crippen molar-refractivity contribution in [2.45, 2.75) is 20.0 Å². The van der Waals surface area contributed by atoms with E-state index in [-0.39, 0.29) is 0 Å². The Morgan fingerprint density at radius 3 is 2.92 bits per heavy atom. The van der Waals surface area contributed by atoms with Crippen molar-refractivity contribution in [1.82, 2.24) is 4.37 Å². The summed E-state index contributed by atoms with van der Waals surface area (Å²) in [7, 11) is 0. The molecule has 3 heteroatoms. The SMILES string of the molecule is Cc1nsc2cc(C(C)O)ccc12. The molecule has 0 bridgehead atoms. The number of nitrogens with zero attached hydrogens (tertiary/aromatic N) is 1. The second-order valence-electron chi connectivity index (χ2n) is 3.20. The molecule has 0 amide bonds. The van der Waals surface area contributed by atoms with Crippen molar-refractivity contribution in [3.8, 4) is 0 Å². The molecule has 2 aromatic rings. The van der Waals surface area contributed by atoms with E-state index in [1.54, 1.807) is 6.92 Å². The van der Waals surface area contributed by atoms with E-state index in [9.17, 15) is 5.11 Å². The van der Waals surface area contributed by atoms with Gasteiger partial charge in [-0.2, -0.15) is 4.37 Å². The molecule has 0 radical (unpaired) electrons. The van der Waals surface area contributed by atoms with E-state index in [0.717, 1.165) is 16.0 Å². The molecule has 0 aliphatic heterocycles. The number of aromatic nitrogens is 1. The van der Waals surface area contributed by atoms with Gasteiger partial charge < -0.3 is 5.11 Å². The third-order valence-corrected chi connectivity index (χ3v) is 3.06. The van der Waals surface area contributed by atoms with Gasteiger partial charge in [0.05, 0.1) is 16.5 Å². The average molecular weight is 193 g/mol. The first kappa shape index (κ1) is 8.66. The van der Waals surface area contributed by atoms with Crippen LogP contribution < -0.4 is 0 Å². The Balaban J connectivity index is 2.63. The van der Waals surface area contributed by atoms with Crippen LogP contribution in [0.4, 0.5) is 0 Å². The normalized spacial score (nSPS) is 13.5. The van der Waals surface area contributed by atoms with Crippen molar-refractivity contribution in [2.75, 3.05) is 0 Å². The lowest BCUT2D eigenvalue weighted by Gasteiger charge is -2.03. The summed E-state index contributed by atoms with van der Waals surface area (Å²) in [5.74, 6) is 0. The predicted octanol–water partition coefficient (Wildman–Crippen LogP) is 2.66. The van der Waals surface area contributed by atoms with E-state index in [1.165, 1.54) is 16.9 Å². The maximum atomic E-state index is 9.37. The van der Waals surface area contributed by atoms with E-state index in [1.807, 2.05) is 25.1 Å². The molecule has 1 aromatic heterocycles. The molecule has 0 fully saturated rings. The first-order chi connectivity index (χ1) is 6.18. The Hall–Kier alpha value is -0.930. The molecule has 0 aliphatic carbocycles. The summed E-state index contributed by atoms with van der Waals surface area (Å²) in [5.41, 5.74) is 2.02. The van der Waals surface area contributed by atoms with Crippen molar-refractivity contribution in [2.24, 2.45) is 0 Å². The largest absolute Gasteiger partial charge is 0.389 e. The molecule has 68 valence electrons. The maximum Gasteiger partial charge on any atom is 0.0762 e. The van der Waals surface area contributed by atoms with Gasteiger partial charge in [-0.15, -0.1) is 0 Å². The third kappa shape index (κ3) is 1.45. The summed E-state index contributed by atoms with van der Waals surface area (Å²) in [5, 5.41) is 10.6.